The molecule has 7 nitrogen and oxygen atoms in total. The molecule has 1 rings (SSSR count). The molecular formula is C10H9BN2O5. The monoisotopic (exact) mass is 248 g/mol. The molecule has 1 aromatic rings. The molecule has 18 heavy (non-hydrogen) atoms. The summed E-state index contributed by atoms with van der Waals surface area (Å²) in [7, 11) is -1.86. The number of carbonyl (C=O) groups excluding carboxylic acids is 1. The van der Waals surface area contributed by atoms with E-state index in [0.717, 1.165) is 6.07 Å². The van der Waals surface area contributed by atoms with E-state index in [1.807, 2.05) is 0 Å². The number of amides is 1. The molecule has 92 valence electrons. The van der Waals surface area contributed by atoms with Crippen LogP contribution in [0.4, 0.5) is 5.69 Å². The van der Waals surface area contributed by atoms with E-state index < -0.39 is 25.4 Å². The van der Waals surface area contributed by atoms with Crippen LogP contribution in [0.1, 0.15) is 16.8 Å². The van der Waals surface area contributed by atoms with Crippen LogP contribution in [-0.4, -0.2) is 34.1 Å². The van der Waals surface area contributed by atoms with Gasteiger partial charge in [0.1, 0.15) is 6.42 Å². The molecule has 8 heteroatoms. The Bertz CT molecular complexity index is 523. The highest BCUT2D eigenvalue weighted by Crippen LogP contribution is 2.09. The molecule has 0 saturated carbocycles. The van der Waals surface area contributed by atoms with E-state index in [0.29, 0.717) is 0 Å². The summed E-state index contributed by atoms with van der Waals surface area (Å²) in [5.41, 5.74) is -0.219. The summed E-state index contributed by atoms with van der Waals surface area (Å²) >= 11 is 0. The van der Waals surface area contributed by atoms with Gasteiger partial charge in [-0.3, -0.25) is 4.79 Å². The molecule has 0 bridgehead atoms. The molecule has 0 aliphatic rings. The number of rotatable bonds is 4. The predicted octanol–water partition coefficient (Wildman–Crippen LogP) is -1.08. The van der Waals surface area contributed by atoms with Gasteiger partial charge in [-0.2, -0.15) is 5.26 Å². The van der Waals surface area contributed by atoms with Gasteiger partial charge in [-0.25, -0.2) is 4.79 Å². The van der Waals surface area contributed by atoms with Crippen LogP contribution in [-0.2, 0) is 4.79 Å². The second-order valence-electron chi connectivity index (χ2n) is 3.36. The van der Waals surface area contributed by atoms with E-state index in [1.54, 1.807) is 6.07 Å². The van der Waals surface area contributed by atoms with Crippen LogP contribution in [0.15, 0.2) is 18.2 Å². The summed E-state index contributed by atoms with van der Waals surface area (Å²) < 4.78 is 0. The van der Waals surface area contributed by atoms with Crippen molar-refractivity contribution < 1.29 is 24.7 Å². The van der Waals surface area contributed by atoms with Crippen molar-refractivity contribution in [3.05, 3.63) is 23.8 Å². The lowest BCUT2D eigenvalue weighted by molar-refractivity contribution is -0.115. The normalized spacial score (nSPS) is 9.39. The zero-order valence-corrected chi connectivity index (χ0v) is 9.12. The smallest absolute Gasteiger partial charge is 0.478 e. The largest absolute Gasteiger partial charge is 0.490 e. The van der Waals surface area contributed by atoms with Crippen molar-refractivity contribution in [1.29, 1.82) is 5.26 Å². The van der Waals surface area contributed by atoms with Crippen molar-refractivity contribution in [2.45, 2.75) is 6.42 Å². The number of carboxylic acid groups (broad SMARTS) is 1. The predicted molar refractivity (Wildman–Crippen MR) is 62.1 cm³/mol. The molecule has 0 spiro atoms. The highest BCUT2D eigenvalue weighted by Gasteiger charge is 2.19. The molecule has 0 aliphatic heterocycles. The minimum absolute atomic E-state index is 0.0497. The van der Waals surface area contributed by atoms with Crippen LogP contribution < -0.4 is 10.8 Å². The summed E-state index contributed by atoms with van der Waals surface area (Å²) in [6.45, 7) is 0. The van der Waals surface area contributed by atoms with Crippen molar-refractivity contribution in [2.24, 2.45) is 0 Å². The Morgan fingerprint density at radius 3 is 2.56 bits per heavy atom. The van der Waals surface area contributed by atoms with Gasteiger partial charge in [0.25, 0.3) is 0 Å². The van der Waals surface area contributed by atoms with Crippen molar-refractivity contribution in [1.82, 2.24) is 0 Å². The Morgan fingerprint density at radius 2 is 2.06 bits per heavy atom. The minimum atomic E-state index is -1.86. The average molecular weight is 248 g/mol. The van der Waals surface area contributed by atoms with Crippen LogP contribution in [0.3, 0.4) is 0 Å². The van der Waals surface area contributed by atoms with Crippen LogP contribution in [0, 0.1) is 11.3 Å². The second-order valence-corrected chi connectivity index (χ2v) is 3.36. The quantitative estimate of drug-likeness (QED) is 0.501. The number of hydrogen-bond donors (Lipinski definition) is 4. The maximum Gasteiger partial charge on any atom is 0.490 e. The third-order valence-corrected chi connectivity index (χ3v) is 2.09. The van der Waals surface area contributed by atoms with Gasteiger partial charge in [0.2, 0.25) is 5.91 Å². The van der Waals surface area contributed by atoms with E-state index in [2.05, 4.69) is 5.32 Å². The summed E-state index contributed by atoms with van der Waals surface area (Å²) in [4.78, 5) is 22.0. The van der Waals surface area contributed by atoms with E-state index in [9.17, 15) is 9.59 Å². The van der Waals surface area contributed by atoms with Gasteiger partial charge >= 0.3 is 13.1 Å². The van der Waals surface area contributed by atoms with Gasteiger partial charge < -0.3 is 20.5 Å². The lowest BCUT2D eigenvalue weighted by atomic mass is 9.78. The van der Waals surface area contributed by atoms with E-state index in [-0.39, 0.29) is 16.7 Å². The topological polar surface area (TPSA) is 131 Å². The molecule has 4 N–H and O–H groups in total. The summed E-state index contributed by atoms with van der Waals surface area (Å²) in [5.74, 6) is -1.88. The van der Waals surface area contributed by atoms with Crippen LogP contribution in [0.25, 0.3) is 0 Å². The number of benzene rings is 1. The number of nitriles is 1. The molecule has 1 aromatic carbocycles. The van der Waals surface area contributed by atoms with Crippen LogP contribution in [0.5, 0.6) is 0 Å². The Morgan fingerprint density at radius 1 is 1.39 bits per heavy atom. The van der Waals surface area contributed by atoms with E-state index >= 15 is 0 Å². The molecule has 0 saturated heterocycles. The Balaban J connectivity index is 3.12. The minimum Gasteiger partial charge on any atom is -0.478 e. The van der Waals surface area contributed by atoms with Crippen molar-refractivity contribution in [3.63, 3.8) is 0 Å². The highest BCUT2D eigenvalue weighted by atomic mass is 16.4. The molecule has 0 atom stereocenters. The number of hydrogen-bond acceptors (Lipinski definition) is 5. The molecular weight excluding hydrogens is 239 g/mol. The zero-order valence-electron chi connectivity index (χ0n) is 9.12. The summed E-state index contributed by atoms with van der Waals surface area (Å²) in [5, 5.41) is 37.5. The Kier molecular flexibility index (Phi) is 4.42. The lowest BCUT2D eigenvalue weighted by Crippen LogP contribution is -2.33. The number of carbonyl (C=O) groups is 2. The lowest BCUT2D eigenvalue weighted by Gasteiger charge is -2.10. The fraction of sp³-hybridized carbons (Fsp3) is 0.100. The maximum atomic E-state index is 11.2. The molecule has 1 amide bonds. The third-order valence-electron chi connectivity index (χ3n) is 2.09. The van der Waals surface area contributed by atoms with Crippen molar-refractivity contribution in [2.75, 3.05) is 5.32 Å². The average Bonchev–Trinajstić information content (AvgIpc) is 2.28. The van der Waals surface area contributed by atoms with Crippen molar-refractivity contribution >= 4 is 30.1 Å². The fourth-order valence-corrected chi connectivity index (χ4v) is 1.29. The maximum absolute atomic E-state index is 11.2. The SMILES string of the molecule is N#CCC(=O)Nc1cc(C(=O)O)ccc1B(O)O. The standard InChI is InChI=1S/C10H9BN2O5/c12-4-3-9(14)13-8-5-6(10(15)16)1-2-7(8)11(17)18/h1-2,5,17-18H,3H2,(H,13,14)(H,15,16). The molecule has 0 fully saturated rings. The first-order chi connectivity index (χ1) is 8.45. The highest BCUT2D eigenvalue weighted by molar-refractivity contribution is 6.60. The van der Waals surface area contributed by atoms with Gasteiger partial charge in [0, 0.05) is 11.2 Å². The number of nitrogens with zero attached hydrogens (tertiary/aromatic N) is 1. The Hall–Kier alpha value is -2.37. The van der Waals surface area contributed by atoms with Gasteiger partial charge in [-0.15, -0.1) is 0 Å². The summed E-state index contributed by atoms with van der Waals surface area (Å²) in [6, 6.07) is 5.06. The molecule has 0 aliphatic carbocycles. The number of aromatic carboxylic acids is 1. The third kappa shape index (κ3) is 3.31. The number of carboxylic acids is 1. The van der Waals surface area contributed by atoms with E-state index in [4.69, 9.17) is 20.4 Å². The van der Waals surface area contributed by atoms with E-state index in [1.165, 1.54) is 12.1 Å². The Labute approximate surface area is 102 Å². The van der Waals surface area contributed by atoms with Crippen LogP contribution >= 0.6 is 0 Å². The second kappa shape index (κ2) is 5.81. The molecule has 0 unspecified atom stereocenters. The van der Waals surface area contributed by atoms with Gasteiger partial charge in [-0.05, 0) is 12.1 Å². The summed E-state index contributed by atoms with van der Waals surface area (Å²) in [6.07, 6.45) is -0.418. The van der Waals surface area contributed by atoms with Gasteiger partial charge in [0.15, 0.2) is 0 Å². The van der Waals surface area contributed by atoms with Gasteiger partial charge in [0.05, 0.1) is 11.6 Å². The van der Waals surface area contributed by atoms with Crippen molar-refractivity contribution in [3.8, 4) is 6.07 Å². The number of nitrogens with one attached hydrogen (secondary N) is 1. The first-order valence-electron chi connectivity index (χ1n) is 4.86. The molecule has 0 heterocycles. The fourth-order valence-electron chi connectivity index (χ4n) is 1.29. The zero-order chi connectivity index (χ0) is 13.7. The molecule has 0 radical (unpaired) electrons. The van der Waals surface area contributed by atoms with Crippen LogP contribution in [0.2, 0.25) is 0 Å². The molecule has 0 aromatic heterocycles. The first kappa shape index (κ1) is 13.7. The van der Waals surface area contributed by atoms with Gasteiger partial charge in [-0.1, -0.05) is 6.07 Å². The number of anilines is 1. The first-order valence-corrected chi connectivity index (χ1v) is 4.86.